The van der Waals surface area contributed by atoms with E-state index in [0.717, 1.165) is 0 Å². The molecule has 1 amide bonds. The van der Waals surface area contributed by atoms with Gasteiger partial charge in [-0.3, -0.25) is 4.79 Å². The predicted octanol–water partition coefficient (Wildman–Crippen LogP) is 1.96. The van der Waals surface area contributed by atoms with Gasteiger partial charge in [-0.05, 0) is 6.92 Å². The van der Waals surface area contributed by atoms with Crippen molar-refractivity contribution in [2.24, 2.45) is 11.7 Å². The van der Waals surface area contributed by atoms with Crippen LogP contribution in [0.15, 0.2) is 12.1 Å². The quantitative estimate of drug-likeness (QED) is 0.646. The molecule has 1 aromatic carbocycles. The first-order valence-corrected chi connectivity index (χ1v) is 4.98. The standard InChI is InChI=1S/C10H9F3N2OS/c1-4(9(14)17)10(16)15-8-3-6(12)5(11)2-7(8)13/h2-4H,1H3,(H2,14,17)(H,15,16). The number of thiocarbonyl (C=S) groups is 1. The molecule has 0 spiro atoms. The fraction of sp³-hybridized carbons (Fsp3) is 0.200. The van der Waals surface area contributed by atoms with Crippen LogP contribution in [0.5, 0.6) is 0 Å². The smallest absolute Gasteiger partial charge is 0.234 e. The molecule has 3 nitrogen and oxygen atoms in total. The van der Waals surface area contributed by atoms with E-state index in [-0.39, 0.29) is 4.99 Å². The van der Waals surface area contributed by atoms with E-state index in [1.807, 2.05) is 0 Å². The third kappa shape index (κ3) is 3.16. The minimum Gasteiger partial charge on any atom is -0.393 e. The summed E-state index contributed by atoms with van der Waals surface area (Å²) in [7, 11) is 0. The van der Waals surface area contributed by atoms with Crippen molar-refractivity contribution < 1.29 is 18.0 Å². The molecular weight excluding hydrogens is 253 g/mol. The Hall–Kier alpha value is -1.63. The second kappa shape index (κ2) is 5.13. The van der Waals surface area contributed by atoms with Crippen LogP contribution in [0.25, 0.3) is 0 Å². The molecule has 0 heterocycles. The van der Waals surface area contributed by atoms with E-state index in [2.05, 4.69) is 17.5 Å². The van der Waals surface area contributed by atoms with Crippen molar-refractivity contribution in [1.82, 2.24) is 0 Å². The number of rotatable bonds is 3. The van der Waals surface area contributed by atoms with E-state index < -0.39 is 35.0 Å². The van der Waals surface area contributed by atoms with E-state index in [0.29, 0.717) is 12.1 Å². The van der Waals surface area contributed by atoms with Gasteiger partial charge in [-0.15, -0.1) is 0 Å². The van der Waals surface area contributed by atoms with Crippen LogP contribution in [0.2, 0.25) is 0 Å². The number of benzene rings is 1. The topological polar surface area (TPSA) is 55.1 Å². The van der Waals surface area contributed by atoms with Crippen molar-refractivity contribution in [2.75, 3.05) is 5.32 Å². The fourth-order valence-electron chi connectivity index (χ4n) is 0.989. The van der Waals surface area contributed by atoms with Crippen LogP contribution in [0.1, 0.15) is 6.92 Å². The molecule has 92 valence electrons. The molecule has 0 saturated carbocycles. The second-order valence-corrected chi connectivity index (χ2v) is 3.83. The van der Waals surface area contributed by atoms with Gasteiger partial charge in [-0.1, -0.05) is 12.2 Å². The molecule has 1 atom stereocenters. The molecule has 0 bridgehead atoms. The summed E-state index contributed by atoms with van der Waals surface area (Å²) in [5.41, 5.74) is 4.76. The molecule has 0 aromatic heterocycles. The average Bonchev–Trinajstić information content (AvgIpc) is 2.24. The molecule has 1 rings (SSSR count). The van der Waals surface area contributed by atoms with Crippen LogP contribution in [0.3, 0.4) is 0 Å². The molecule has 0 aliphatic rings. The maximum absolute atomic E-state index is 13.2. The van der Waals surface area contributed by atoms with E-state index in [9.17, 15) is 18.0 Å². The van der Waals surface area contributed by atoms with E-state index in [4.69, 9.17) is 5.73 Å². The maximum atomic E-state index is 13.2. The Morgan fingerprint density at radius 3 is 2.35 bits per heavy atom. The number of hydrogen-bond acceptors (Lipinski definition) is 2. The zero-order valence-electron chi connectivity index (χ0n) is 8.76. The van der Waals surface area contributed by atoms with Crippen LogP contribution in [-0.2, 0) is 4.79 Å². The number of hydrogen-bond donors (Lipinski definition) is 2. The number of nitrogens with two attached hydrogens (primary N) is 1. The van der Waals surface area contributed by atoms with Crippen molar-refractivity contribution in [2.45, 2.75) is 6.92 Å². The molecule has 0 aliphatic heterocycles. The molecular formula is C10H9F3N2OS. The van der Waals surface area contributed by atoms with Gasteiger partial charge in [0.15, 0.2) is 11.6 Å². The van der Waals surface area contributed by atoms with E-state index in [1.54, 1.807) is 0 Å². The lowest BCUT2D eigenvalue weighted by Gasteiger charge is -2.11. The summed E-state index contributed by atoms with van der Waals surface area (Å²) in [4.78, 5) is 11.4. The van der Waals surface area contributed by atoms with Crippen LogP contribution in [0.4, 0.5) is 18.9 Å². The zero-order chi connectivity index (χ0) is 13.2. The Morgan fingerprint density at radius 2 is 1.82 bits per heavy atom. The molecule has 1 aromatic rings. The van der Waals surface area contributed by atoms with Crippen molar-refractivity contribution in [1.29, 1.82) is 0 Å². The molecule has 0 aliphatic carbocycles. The molecule has 17 heavy (non-hydrogen) atoms. The van der Waals surface area contributed by atoms with Crippen LogP contribution >= 0.6 is 12.2 Å². The minimum absolute atomic E-state index is 0.0782. The summed E-state index contributed by atoms with van der Waals surface area (Å²) < 4.78 is 38.6. The van der Waals surface area contributed by atoms with Crippen molar-refractivity contribution in [3.05, 3.63) is 29.6 Å². The lowest BCUT2D eigenvalue weighted by molar-refractivity contribution is -0.117. The molecule has 0 saturated heterocycles. The van der Waals surface area contributed by atoms with Crippen molar-refractivity contribution in [3.8, 4) is 0 Å². The molecule has 7 heteroatoms. The normalized spacial score (nSPS) is 12.0. The summed E-state index contributed by atoms with van der Waals surface area (Å²) in [5, 5.41) is 2.07. The largest absolute Gasteiger partial charge is 0.393 e. The molecule has 3 N–H and O–H groups in total. The summed E-state index contributed by atoms with van der Waals surface area (Å²) >= 11 is 4.58. The van der Waals surface area contributed by atoms with Gasteiger partial charge in [0.2, 0.25) is 5.91 Å². The Bertz CT molecular complexity index is 479. The van der Waals surface area contributed by atoms with Gasteiger partial charge in [0.05, 0.1) is 16.6 Å². The second-order valence-electron chi connectivity index (χ2n) is 3.36. The van der Waals surface area contributed by atoms with Gasteiger partial charge in [-0.2, -0.15) is 0 Å². The minimum atomic E-state index is -1.33. The summed E-state index contributed by atoms with van der Waals surface area (Å²) in [5.74, 6) is -5.19. The maximum Gasteiger partial charge on any atom is 0.234 e. The van der Waals surface area contributed by atoms with E-state index in [1.165, 1.54) is 6.92 Å². The summed E-state index contributed by atoms with van der Waals surface area (Å²) in [6.45, 7) is 1.41. The van der Waals surface area contributed by atoms with Crippen LogP contribution in [0, 0.1) is 23.4 Å². The third-order valence-electron chi connectivity index (χ3n) is 2.09. The van der Waals surface area contributed by atoms with Gasteiger partial charge in [0.1, 0.15) is 5.82 Å². The Labute approximate surface area is 101 Å². The highest BCUT2D eigenvalue weighted by Gasteiger charge is 2.18. The van der Waals surface area contributed by atoms with Crippen LogP contribution in [-0.4, -0.2) is 10.9 Å². The number of anilines is 1. The fourth-order valence-corrected chi connectivity index (χ4v) is 1.10. The number of carbonyl (C=O) groups excluding carboxylic acids is 1. The first kappa shape index (κ1) is 13.4. The SMILES string of the molecule is CC(C(=O)Nc1cc(F)c(F)cc1F)C(N)=S. The highest BCUT2D eigenvalue weighted by molar-refractivity contribution is 7.80. The number of amides is 1. The van der Waals surface area contributed by atoms with Crippen molar-refractivity contribution >= 4 is 28.8 Å². The lowest BCUT2D eigenvalue weighted by Crippen LogP contribution is -2.31. The average molecular weight is 262 g/mol. The van der Waals surface area contributed by atoms with Gasteiger partial charge < -0.3 is 11.1 Å². The lowest BCUT2D eigenvalue weighted by atomic mass is 10.1. The van der Waals surface area contributed by atoms with Gasteiger partial charge in [0, 0.05) is 12.1 Å². The Morgan fingerprint density at radius 1 is 1.29 bits per heavy atom. The number of halogens is 3. The van der Waals surface area contributed by atoms with Gasteiger partial charge >= 0.3 is 0 Å². The number of nitrogens with one attached hydrogen (secondary N) is 1. The van der Waals surface area contributed by atoms with E-state index >= 15 is 0 Å². The molecule has 1 unspecified atom stereocenters. The van der Waals surface area contributed by atoms with Gasteiger partial charge in [0.25, 0.3) is 0 Å². The molecule has 0 fully saturated rings. The Balaban J connectivity index is 2.93. The summed E-state index contributed by atoms with van der Waals surface area (Å²) in [6, 6.07) is 0.894. The van der Waals surface area contributed by atoms with Crippen molar-refractivity contribution in [3.63, 3.8) is 0 Å². The third-order valence-corrected chi connectivity index (χ3v) is 2.44. The first-order valence-electron chi connectivity index (χ1n) is 4.57. The zero-order valence-corrected chi connectivity index (χ0v) is 9.58. The van der Waals surface area contributed by atoms with Crippen LogP contribution < -0.4 is 11.1 Å². The monoisotopic (exact) mass is 262 g/mol. The van der Waals surface area contributed by atoms with Gasteiger partial charge in [-0.25, -0.2) is 13.2 Å². The highest BCUT2D eigenvalue weighted by Crippen LogP contribution is 2.19. The first-order chi connectivity index (χ1) is 7.82. The predicted molar refractivity (Wildman–Crippen MR) is 60.9 cm³/mol. The Kier molecular flexibility index (Phi) is 4.06. The highest BCUT2D eigenvalue weighted by atomic mass is 32.1. The number of carbonyl (C=O) groups is 1. The molecule has 0 radical (unpaired) electrons. The summed E-state index contributed by atoms with van der Waals surface area (Å²) in [6.07, 6.45) is 0.